The molecule has 1 amide bonds. The van der Waals surface area contributed by atoms with Crippen LogP contribution in [0.15, 0.2) is 29.6 Å². The summed E-state index contributed by atoms with van der Waals surface area (Å²) in [6.07, 6.45) is 5.16. The van der Waals surface area contributed by atoms with E-state index >= 15 is 0 Å². The number of ether oxygens (including phenoxy) is 1. The summed E-state index contributed by atoms with van der Waals surface area (Å²) in [5.41, 5.74) is 4.09. The largest absolute Gasteiger partial charge is 0.461 e. The number of hydrogen-bond donors (Lipinski definition) is 2. The Morgan fingerprint density at radius 2 is 1.89 bits per heavy atom. The van der Waals surface area contributed by atoms with Crippen molar-refractivity contribution in [1.29, 1.82) is 0 Å². The Kier molecular flexibility index (Phi) is 7.50. The molecule has 2 aliphatic rings. The van der Waals surface area contributed by atoms with Crippen LogP contribution in [0.1, 0.15) is 43.2 Å². The molecule has 2 N–H and O–H groups in total. The van der Waals surface area contributed by atoms with E-state index in [9.17, 15) is 14.5 Å². The maximum absolute atomic E-state index is 12.4. The summed E-state index contributed by atoms with van der Waals surface area (Å²) in [7, 11) is 0. The van der Waals surface area contributed by atoms with Gasteiger partial charge >= 0.3 is 5.97 Å². The first-order valence-electron chi connectivity index (χ1n) is 9.99. The first-order valence-corrected chi connectivity index (χ1v) is 9.99. The minimum Gasteiger partial charge on any atom is -0.461 e. The summed E-state index contributed by atoms with van der Waals surface area (Å²) < 4.78 is 5.64. The number of aryl methyl sites for hydroxylation is 1. The molecule has 1 unspecified atom stereocenters. The molecule has 3 rings (SSSR count). The van der Waals surface area contributed by atoms with E-state index in [0.717, 1.165) is 56.4 Å². The SMILES string of the molecule is O=NNC(=O)CCc1ccc(CN2CCNC(C(=O)OC3CCCC3)C2)cc1. The van der Waals surface area contributed by atoms with Gasteiger partial charge in [-0.05, 0) is 43.2 Å². The Hall–Kier alpha value is -2.32. The zero-order chi connectivity index (χ0) is 19.8. The van der Waals surface area contributed by atoms with Gasteiger partial charge < -0.3 is 10.1 Å². The van der Waals surface area contributed by atoms with Crippen molar-refractivity contribution in [1.82, 2.24) is 15.6 Å². The minimum atomic E-state index is -0.379. The predicted molar refractivity (Wildman–Crippen MR) is 104 cm³/mol. The molecule has 0 radical (unpaired) electrons. The first kappa shape index (κ1) is 20.4. The lowest BCUT2D eigenvalue weighted by Gasteiger charge is -2.33. The Labute approximate surface area is 164 Å². The monoisotopic (exact) mass is 388 g/mol. The topological polar surface area (TPSA) is 100 Å². The van der Waals surface area contributed by atoms with Gasteiger partial charge in [-0.1, -0.05) is 24.3 Å². The van der Waals surface area contributed by atoms with E-state index in [0.29, 0.717) is 13.0 Å². The fourth-order valence-electron chi connectivity index (χ4n) is 3.80. The van der Waals surface area contributed by atoms with Gasteiger partial charge in [0.2, 0.25) is 5.91 Å². The Morgan fingerprint density at radius 3 is 2.61 bits per heavy atom. The van der Waals surface area contributed by atoms with Crippen molar-refractivity contribution in [2.45, 2.75) is 57.2 Å². The molecule has 0 spiro atoms. The number of hydrogen-bond acceptors (Lipinski definition) is 7. The molecule has 8 nitrogen and oxygen atoms in total. The summed E-state index contributed by atoms with van der Waals surface area (Å²) in [6, 6.07) is 7.80. The second kappa shape index (κ2) is 10.3. The van der Waals surface area contributed by atoms with E-state index in [4.69, 9.17) is 4.74 Å². The Morgan fingerprint density at radius 1 is 1.18 bits per heavy atom. The molecule has 8 heteroatoms. The van der Waals surface area contributed by atoms with Gasteiger partial charge in [0, 0.05) is 32.6 Å². The highest BCUT2D eigenvalue weighted by molar-refractivity contribution is 5.76. The van der Waals surface area contributed by atoms with Gasteiger partial charge in [-0.15, -0.1) is 4.91 Å². The van der Waals surface area contributed by atoms with Crippen LogP contribution >= 0.6 is 0 Å². The van der Waals surface area contributed by atoms with Crippen molar-refractivity contribution in [2.75, 3.05) is 19.6 Å². The minimum absolute atomic E-state index is 0.0987. The maximum atomic E-state index is 12.4. The third kappa shape index (κ3) is 6.10. The molecule has 28 heavy (non-hydrogen) atoms. The Balaban J connectivity index is 1.45. The highest BCUT2D eigenvalue weighted by atomic mass is 16.5. The van der Waals surface area contributed by atoms with E-state index in [-0.39, 0.29) is 30.4 Å². The van der Waals surface area contributed by atoms with Crippen LogP contribution in [-0.2, 0) is 27.3 Å². The number of nitrogens with one attached hydrogen (secondary N) is 2. The molecule has 0 aromatic heterocycles. The van der Waals surface area contributed by atoms with E-state index < -0.39 is 0 Å². The molecule has 1 atom stereocenters. The predicted octanol–water partition coefficient (Wildman–Crippen LogP) is 1.68. The number of nitrogens with zero attached hydrogens (tertiary/aromatic N) is 2. The van der Waals surface area contributed by atoms with Crippen LogP contribution < -0.4 is 10.7 Å². The number of rotatable bonds is 8. The second-order valence-electron chi connectivity index (χ2n) is 7.53. The number of carbonyl (C=O) groups excluding carboxylic acids is 2. The lowest BCUT2D eigenvalue weighted by Crippen LogP contribution is -2.54. The number of esters is 1. The zero-order valence-electron chi connectivity index (χ0n) is 16.1. The zero-order valence-corrected chi connectivity index (χ0v) is 16.1. The van der Waals surface area contributed by atoms with Gasteiger partial charge in [0.15, 0.2) is 0 Å². The molecule has 0 bridgehead atoms. The summed E-state index contributed by atoms with van der Waals surface area (Å²) in [6.45, 7) is 3.06. The third-order valence-electron chi connectivity index (χ3n) is 5.37. The fraction of sp³-hybridized carbons (Fsp3) is 0.600. The van der Waals surface area contributed by atoms with Gasteiger partial charge in [0.25, 0.3) is 0 Å². The molecule has 152 valence electrons. The summed E-state index contributed by atoms with van der Waals surface area (Å²) >= 11 is 0. The van der Waals surface area contributed by atoms with Gasteiger partial charge in [-0.25, -0.2) is 5.43 Å². The van der Waals surface area contributed by atoms with Crippen LogP contribution in [0.25, 0.3) is 0 Å². The van der Waals surface area contributed by atoms with Crippen LogP contribution in [0.3, 0.4) is 0 Å². The molecule has 2 fully saturated rings. The lowest BCUT2D eigenvalue weighted by atomic mass is 10.1. The Bertz CT molecular complexity index is 673. The normalized spacial score (nSPS) is 20.6. The third-order valence-corrected chi connectivity index (χ3v) is 5.37. The van der Waals surface area contributed by atoms with E-state index in [2.05, 4.69) is 15.5 Å². The molecular weight excluding hydrogens is 360 g/mol. The maximum Gasteiger partial charge on any atom is 0.324 e. The number of nitroso groups, excluding NO2 is 1. The smallest absolute Gasteiger partial charge is 0.324 e. The first-order chi connectivity index (χ1) is 13.6. The summed E-state index contributed by atoms with van der Waals surface area (Å²) in [5.74, 6) is -0.509. The molecule has 1 aromatic rings. The van der Waals surface area contributed by atoms with Crippen LogP contribution in [0.2, 0.25) is 0 Å². The molecule has 1 aromatic carbocycles. The summed E-state index contributed by atoms with van der Waals surface area (Å²) in [4.78, 5) is 35.9. The van der Waals surface area contributed by atoms with Crippen molar-refractivity contribution < 1.29 is 14.3 Å². The average molecular weight is 388 g/mol. The highest BCUT2D eigenvalue weighted by Crippen LogP contribution is 2.21. The lowest BCUT2D eigenvalue weighted by molar-refractivity contribution is -0.152. The molecule has 1 aliphatic carbocycles. The number of carbonyl (C=O) groups is 2. The fourth-order valence-corrected chi connectivity index (χ4v) is 3.80. The summed E-state index contributed by atoms with van der Waals surface area (Å²) in [5, 5.41) is 5.65. The second-order valence-corrected chi connectivity index (χ2v) is 7.53. The van der Waals surface area contributed by atoms with Crippen molar-refractivity contribution in [3.63, 3.8) is 0 Å². The van der Waals surface area contributed by atoms with Gasteiger partial charge in [-0.3, -0.25) is 14.5 Å². The van der Waals surface area contributed by atoms with E-state index in [1.165, 1.54) is 0 Å². The average Bonchev–Trinajstić information content (AvgIpc) is 3.21. The van der Waals surface area contributed by atoms with Crippen LogP contribution in [-0.4, -0.2) is 48.6 Å². The van der Waals surface area contributed by atoms with E-state index in [1.807, 2.05) is 29.7 Å². The molecule has 1 heterocycles. The van der Waals surface area contributed by atoms with E-state index in [1.54, 1.807) is 0 Å². The van der Waals surface area contributed by atoms with Gasteiger partial charge in [0.05, 0.1) is 5.29 Å². The molecule has 1 aliphatic heterocycles. The van der Waals surface area contributed by atoms with Gasteiger partial charge in [0.1, 0.15) is 12.1 Å². The number of benzene rings is 1. The molecule has 1 saturated carbocycles. The van der Waals surface area contributed by atoms with Crippen LogP contribution in [0.4, 0.5) is 0 Å². The number of piperazine rings is 1. The van der Waals surface area contributed by atoms with Crippen LogP contribution in [0, 0.1) is 4.91 Å². The molecule has 1 saturated heterocycles. The van der Waals surface area contributed by atoms with Crippen molar-refractivity contribution in [3.05, 3.63) is 40.3 Å². The highest BCUT2D eigenvalue weighted by Gasteiger charge is 2.29. The van der Waals surface area contributed by atoms with Gasteiger partial charge in [-0.2, -0.15) is 0 Å². The van der Waals surface area contributed by atoms with Crippen molar-refractivity contribution in [3.8, 4) is 0 Å². The quantitative estimate of drug-likeness (QED) is 0.399. The number of amides is 1. The van der Waals surface area contributed by atoms with Crippen LogP contribution in [0.5, 0.6) is 0 Å². The van der Waals surface area contributed by atoms with Crippen molar-refractivity contribution >= 4 is 11.9 Å². The molecular formula is C20H28N4O4. The standard InChI is InChI=1S/C20H28N4O4/c25-19(22-23-27)10-9-15-5-7-16(8-6-15)13-24-12-11-21-18(14-24)20(26)28-17-3-1-2-4-17/h5-8,17-18,21H,1-4,9-14H2,(H,22,25,27). The van der Waals surface area contributed by atoms with Crippen molar-refractivity contribution in [2.24, 2.45) is 5.29 Å².